The third-order valence-corrected chi connectivity index (χ3v) is 2.09. The Morgan fingerprint density at radius 1 is 1.64 bits per heavy atom. The van der Waals surface area contributed by atoms with E-state index < -0.39 is 0 Å². The Bertz CT molecular complexity index is 276. The van der Waals surface area contributed by atoms with E-state index in [0.29, 0.717) is 5.82 Å². The van der Waals surface area contributed by atoms with Crippen molar-refractivity contribution in [2.45, 2.75) is 26.6 Å². The van der Waals surface area contributed by atoms with Crippen LogP contribution in [0, 0.1) is 0 Å². The molecule has 1 aromatic rings. The number of nitrogens with zero attached hydrogens (tertiary/aromatic N) is 2. The fourth-order valence-electron chi connectivity index (χ4n) is 1.51. The zero-order valence-corrected chi connectivity index (χ0v) is 6.59. The number of rotatable bonds is 1. The molecule has 3 N–H and O–H groups in total. The largest absolute Gasteiger partial charge is 0.382 e. The number of hydrogen-bond acceptors (Lipinski definition) is 3. The van der Waals surface area contributed by atoms with Gasteiger partial charge in [-0.05, 0) is 6.92 Å². The number of nitrogens with one attached hydrogen (secondary N) is 1. The van der Waals surface area contributed by atoms with E-state index in [1.54, 1.807) is 0 Å². The van der Waals surface area contributed by atoms with Crippen molar-refractivity contribution in [2.24, 2.45) is 0 Å². The normalized spacial score (nSPS) is 15.4. The number of aromatic nitrogens is 2. The number of nitrogens with two attached hydrogens (primary N) is 1. The molecule has 0 saturated carbocycles. The predicted octanol–water partition coefficient (Wildman–Crippen LogP) is 0.0884. The zero-order chi connectivity index (χ0) is 7.84. The van der Waals surface area contributed by atoms with Gasteiger partial charge in [-0.25, -0.2) is 0 Å². The third-order valence-electron chi connectivity index (χ3n) is 2.09. The Hall–Kier alpha value is -1.03. The molecule has 1 aliphatic rings. The molecule has 0 saturated heterocycles. The van der Waals surface area contributed by atoms with Gasteiger partial charge in [0.25, 0.3) is 0 Å². The van der Waals surface area contributed by atoms with Gasteiger partial charge in [-0.15, -0.1) is 0 Å². The van der Waals surface area contributed by atoms with Crippen molar-refractivity contribution >= 4 is 5.82 Å². The maximum absolute atomic E-state index is 5.70. The van der Waals surface area contributed by atoms with Gasteiger partial charge in [0.1, 0.15) is 5.82 Å². The van der Waals surface area contributed by atoms with E-state index in [1.807, 2.05) is 4.68 Å². The van der Waals surface area contributed by atoms with Crippen molar-refractivity contribution in [1.82, 2.24) is 15.1 Å². The van der Waals surface area contributed by atoms with Gasteiger partial charge in [0.15, 0.2) is 0 Å². The van der Waals surface area contributed by atoms with Crippen LogP contribution in [0.15, 0.2) is 0 Å². The Labute approximate surface area is 65.4 Å². The van der Waals surface area contributed by atoms with Gasteiger partial charge in [0.05, 0.1) is 5.69 Å². The third kappa shape index (κ3) is 0.826. The first-order valence-electron chi connectivity index (χ1n) is 3.87. The monoisotopic (exact) mass is 152 g/mol. The van der Waals surface area contributed by atoms with Crippen molar-refractivity contribution in [2.75, 3.05) is 5.73 Å². The van der Waals surface area contributed by atoms with Crippen molar-refractivity contribution < 1.29 is 0 Å². The second kappa shape index (κ2) is 2.23. The van der Waals surface area contributed by atoms with Gasteiger partial charge >= 0.3 is 0 Å². The predicted molar refractivity (Wildman–Crippen MR) is 42.9 cm³/mol. The van der Waals surface area contributed by atoms with Gasteiger partial charge in [-0.3, -0.25) is 4.68 Å². The summed E-state index contributed by atoms with van der Waals surface area (Å²) < 4.78 is 1.96. The van der Waals surface area contributed by atoms with Crippen LogP contribution in [-0.2, 0) is 19.6 Å². The van der Waals surface area contributed by atoms with E-state index in [1.165, 1.54) is 11.3 Å². The van der Waals surface area contributed by atoms with Crippen LogP contribution in [0.5, 0.6) is 0 Å². The summed E-state index contributed by atoms with van der Waals surface area (Å²) >= 11 is 0. The molecule has 2 rings (SSSR count). The van der Waals surface area contributed by atoms with Crippen LogP contribution in [-0.4, -0.2) is 9.78 Å². The second-order valence-corrected chi connectivity index (χ2v) is 2.73. The lowest BCUT2D eigenvalue weighted by Gasteiger charge is -1.98. The quantitative estimate of drug-likeness (QED) is 0.599. The summed E-state index contributed by atoms with van der Waals surface area (Å²) in [7, 11) is 0. The highest BCUT2D eigenvalue weighted by Gasteiger charge is 2.18. The summed E-state index contributed by atoms with van der Waals surface area (Å²) in [5, 5.41) is 7.45. The lowest BCUT2D eigenvalue weighted by atomic mass is 10.3. The van der Waals surface area contributed by atoms with Crippen molar-refractivity contribution in [1.29, 1.82) is 0 Å². The lowest BCUT2D eigenvalue weighted by molar-refractivity contribution is 0.609. The molecule has 1 aliphatic heterocycles. The second-order valence-electron chi connectivity index (χ2n) is 2.73. The first kappa shape index (κ1) is 6.67. The molecular formula is C7H12N4. The number of fused-ring (bicyclic) bond motifs is 1. The van der Waals surface area contributed by atoms with E-state index in [-0.39, 0.29) is 0 Å². The fourth-order valence-corrected chi connectivity index (χ4v) is 1.51. The molecule has 0 fully saturated rings. The fraction of sp³-hybridized carbons (Fsp3) is 0.571. The van der Waals surface area contributed by atoms with E-state index in [2.05, 4.69) is 17.3 Å². The van der Waals surface area contributed by atoms with Gasteiger partial charge in [0.2, 0.25) is 0 Å². The maximum Gasteiger partial charge on any atom is 0.150 e. The molecule has 0 aromatic carbocycles. The van der Waals surface area contributed by atoms with E-state index in [9.17, 15) is 0 Å². The lowest BCUT2D eigenvalue weighted by Crippen LogP contribution is -2.08. The summed E-state index contributed by atoms with van der Waals surface area (Å²) in [6.45, 7) is 4.76. The zero-order valence-electron chi connectivity index (χ0n) is 6.59. The van der Waals surface area contributed by atoms with E-state index in [4.69, 9.17) is 5.73 Å². The van der Waals surface area contributed by atoms with Crippen molar-refractivity contribution in [3.8, 4) is 0 Å². The molecular weight excluding hydrogens is 140 g/mol. The molecule has 0 unspecified atom stereocenters. The molecule has 4 heteroatoms. The molecule has 0 amide bonds. The van der Waals surface area contributed by atoms with Crippen LogP contribution in [0.4, 0.5) is 5.82 Å². The number of aryl methyl sites for hydroxylation is 1. The highest BCUT2D eigenvalue weighted by Crippen LogP contribution is 2.20. The molecule has 0 atom stereocenters. The topological polar surface area (TPSA) is 55.9 Å². The minimum atomic E-state index is 0.687. The molecule has 0 spiro atoms. The molecule has 1 aromatic heterocycles. The van der Waals surface area contributed by atoms with Crippen molar-refractivity contribution in [3.05, 3.63) is 11.3 Å². The maximum atomic E-state index is 5.70. The van der Waals surface area contributed by atoms with Gasteiger partial charge in [-0.2, -0.15) is 5.10 Å². The Morgan fingerprint density at radius 2 is 2.45 bits per heavy atom. The summed E-state index contributed by atoms with van der Waals surface area (Å²) in [4.78, 5) is 0. The average molecular weight is 152 g/mol. The first-order chi connectivity index (χ1) is 5.33. The molecule has 0 aliphatic carbocycles. The average Bonchev–Trinajstić information content (AvgIpc) is 2.54. The van der Waals surface area contributed by atoms with Crippen LogP contribution >= 0.6 is 0 Å². The smallest absolute Gasteiger partial charge is 0.150 e. The molecule has 0 radical (unpaired) electrons. The minimum Gasteiger partial charge on any atom is -0.382 e. The molecule has 2 heterocycles. The molecule has 4 nitrogen and oxygen atoms in total. The number of nitrogen functional groups attached to an aromatic ring is 1. The standard InChI is InChI=1S/C7H12N4/c1-2-11-6-4-9-3-5(6)7(8)10-11/h9H,2-4H2,1H3,(H2,8,10). The van der Waals surface area contributed by atoms with Crippen LogP contribution in [0.25, 0.3) is 0 Å². The van der Waals surface area contributed by atoms with E-state index in [0.717, 1.165) is 19.6 Å². The highest BCUT2D eigenvalue weighted by atomic mass is 15.3. The minimum absolute atomic E-state index is 0.687. The SMILES string of the molecule is CCn1nc(N)c2c1CNC2. The number of hydrogen-bond donors (Lipinski definition) is 2. The van der Waals surface area contributed by atoms with Crippen LogP contribution < -0.4 is 11.1 Å². The summed E-state index contributed by atoms with van der Waals surface area (Å²) in [5.74, 6) is 0.687. The van der Waals surface area contributed by atoms with Gasteiger partial charge < -0.3 is 11.1 Å². The van der Waals surface area contributed by atoms with Crippen LogP contribution in [0.2, 0.25) is 0 Å². The Morgan fingerprint density at radius 3 is 3.18 bits per heavy atom. The van der Waals surface area contributed by atoms with Crippen LogP contribution in [0.1, 0.15) is 18.2 Å². The number of anilines is 1. The van der Waals surface area contributed by atoms with Crippen LogP contribution in [0.3, 0.4) is 0 Å². The van der Waals surface area contributed by atoms with E-state index >= 15 is 0 Å². The van der Waals surface area contributed by atoms with Gasteiger partial charge in [0, 0.05) is 25.2 Å². The molecule has 11 heavy (non-hydrogen) atoms. The van der Waals surface area contributed by atoms with Crippen molar-refractivity contribution in [3.63, 3.8) is 0 Å². The Kier molecular flexibility index (Phi) is 1.35. The first-order valence-corrected chi connectivity index (χ1v) is 3.87. The Balaban J connectivity index is 2.52. The van der Waals surface area contributed by atoms with Gasteiger partial charge in [-0.1, -0.05) is 0 Å². The molecule has 60 valence electrons. The summed E-state index contributed by atoms with van der Waals surface area (Å²) in [6, 6.07) is 0. The summed E-state index contributed by atoms with van der Waals surface area (Å²) in [6.07, 6.45) is 0. The molecule has 0 bridgehead atoms. The summed E-state index contributed by atoms with van der Waals surface area (Å²) in [5.41, 5.74) is 8.14. The highest BCUT2D eigenvalue weighted by molar-refractivity contribution is 5.44.